The molecule has 1 aromatic rings. The van der Waals surface area contributed by atoms with Gasteiger partial charge in [-0.2, -0.15) is 4.98 Å². The lowest BCUT2D eigenvalue weighted by Gasteiger charge is -2.51. The summed E-state index contributed by atoms with van der Waals surface area (Å²) in [6, 6.07) is 1.34. The van der Waals surface area contributed by atoms with E-state index in [1.54, 1.807) is 26.3 Å². The summed E-state index contributed by atoms with van der Waals surface area (Å²) < 4.78 is 11.4. The van der Waals surface area contributed by atoms with Crippen molar-refractivity contribution in [3.8, 4) is 5.88 Å². The van der Waals surface area contributed by atoms with Gasteiger partial charge in [-0.15, -0.1) is 0 Å². The second-order valence-electron chi connectivity index (χ2n) is 8.74. The van der Waals surface area contributed by atoms with E-state index in [0.717, 1.165) is 25.9 Å². The van der Waals surface area contributed by atoms with Gasteiger partial charge in [-0.25, -0.2) is 4.98 Å². The number of hydrogen-bond acceptors (Lipinski definition) is 8. The Morgan fingerprint density at radius 3 is 2.65 bits per heavy atom. The third-order valence-corrected chi connectivity index (χ3v) is 5.70. The van der Waals surface area contributed by atoms with Gasteiger partial charge in [-0.1, -0.05) is 13.8 Å². The van der Waals surface area contributed by atoms with E-state index >= 15 is 0 Å². The first-order valence-electron chi connectivity index (χ1n) is 10.5. The molecule has 2 fully saturated rings. The third-order valence-electron chi connectivity index (χ3n) is 5.70. The van der Waals surface area contributed by atoms with Crippen LogP contribution in [0, 0.1) is 5.92 Å². The maximum atomic E-state index is 12.1. The first-order valence-corrected chi connectivity index (χ1v) is 10.5. The molecular weight excluding hydrogens is 404 g/mol. The number of rotatable bonds is 5. The summed E-state index contributed by atoms with van der Waals surface area (Å²) in [5.41, 5.74) is -1.38. The van der Waals surface area contributed by atoms with Crippen LogP contribution in [0.4, 0.5) is 5.95 Å². The minimum atomic E-state index is -1.00. The fourth-order valence-electron chi connectivity index (χ4n) is 4.12. The number of carboxylic acid groups (broad SMARTS) is 1. The van der Waals surface area contributed by atoms with Crippen LogP contribution in [0.25, 0.3) is 0 Å². The SMILES string of the molecule is COc1ccnc(N2CCC3(CC2)C[C@](C)(O)[C@@H](NC(=O)CC(C)C)CO3)n1.O=CO. The van der Waals surface area contributed by atoms with Gasteiger partial charge in [0.15, 0.2) is 0 Å². The van der Waals surface area contributed by atoms with E-state index in [-0.39, 0.29) is 29.9 Å². The maximum Gasteiger partial charge on any atom is 0.290 e. The topological polar surface area (TPSA) is 134 Å². The molecular formula is C21H34N4O6. The van der Waals surface area contributed by atoms with Crippen LogP contribution in [0.3, 0.4) is 0 Å². The van der Waals surface area contributed by atoms with Gasteiger partial charge in [-0.3, -0.25) is 9.59 Å². The van der Waals surface area contributed by atoms with Gasteiger partial charge in [-0.05, 0) is 25.7 Å². The van der Waals surface area contributed by atoms with E-state index < -0.39 is 5.60 Å². The van der Waals surface area contributed by atoms with Crippen LogP contribution in [0.2, 0.25) is 0 Å². The number of carbonyl (C=O) groups excluding carboxylic acids is 1. The average Bonchev–Trinajstić information content (AvgIpc) is 2.70. The molecule has 174 valence electrons. The molecule has 0 radical (unpaired) electrons. The zero-order valence-electron chi connectivity index (χ0n) is 18.7. The normalized spacial score (nSPS) is 24.8. The molecule has 10 nitrogen and oxygen atoms in total. The summed E-state index contributed by atoms with van der Waals surface area (Å²) >= 11 is 0. The van der Waals surface area contributed by atoms with E-state index in [1.165, 1.54) is 0 Å². The monoisotopic (exact) mass is 438 g/mol. The van der Waals surface area contributed by atoms with Crippen LogP contribution in [0.5, 0.6) is 5.88 Å². The smallest absolute Gasteiger partial charge is 0.290 e. The number of nitrogens with zero attached hydrogens (tertiary/aromatic N) is 3. The minimum absolute atomic E-state index is 0.0372. The highest BCUT2D eigenvalue weighted by molar-refractivity contribution is 5.76. The predicted octanol–water partition coefficient (Wildman–Crippen LogP) is 1.23. The molecule has 10 heteroatoms. The van der Waals surface area contributed by atoms with Gasteiger partial charge in [0.05, 0.1) is 31.0 Å². The van der Waals surface area contributed by atoms with Gasteiger partial charge in [0, 0.05) is 38.2 Å². The number of ether oxygens (including phenoxy) is 2. The number of amides is 1. The Morgan fingerprint density at radius 1 is 1.45 bits per heavy atom. The van der Waals surface area contributed by atoms with Crippen molar-refractivity contribution >= 4 is 18.3 Å². The number of hydrogen-bond donors (Lipinski definition) is 3. The lowest BCUT2D eigenvalue weighted by molar-refractivity contribution is -0.181. The number of aliphatic hydroxyl groups is 1. The number of aromatic nitrogens is 2. The van der Waals surface area contributed by atoms with Crippen LogP contribution in [-0.2, 0) is 14.3 Å². The van der Waals surface area contributed by atoms with E-state index in [1.807, 2.05) is 13.8 Å². The molecule has 2 aliphatic rings. The molecule has 3 N–H and O–H groups in total. The molecule has 2 aliphatic heterocycles. The maximum absolute atomic E-state index is 12.1. The number of nitrogens with one attached hydrogen (secondary N) is 1. The molecule has 0 unspecified atom stereocenters. The van der Waals surface area contributed by atoms with Crippen molar-refractivity contribution in [2.75, 3.05) is 31.7 Å². The van der Waals surface area contributed by atoms with Gasteiger partial charge >= 0.3 is 0 Å². The van der Waals surface area contributed by atoms with Crippen molar-refractivity contribution in [2.45, 2.75) is 63.7 Å². The molecule has 1 amide bonds. The second kappa shape index (κ2) is 10.7. The van der Waals surface area contributed by atoms with Crippen molar-refractivity contribution in [1.29, 1.82) is 0 Å². The van der Waals surface area contributed by atoms with E-state index in [4.69, 9.17) is 19.4 Å². The summed E-state index contributed by atoms with van der Waals surface area (Å²) in [4.78, 5) is 31.3. The lowest BCUT2D eigenvalue weighted by Crippen LogP contribution is -2.64. The molecule has 0 bridgehead atoms. The van der Waals surface area contributed by atoms with Crippen molar-refractivity contribution in [1.82, 2.24) is 15.3 Å². The fourth-order valence-corrected chi connectivity index (χ4v) is 4.12. The third kappa shape index (κ3) is 6.76. The van der Waals surface area contributed by atoms with E-state index in [0.29, 0.717) is 31.3 Å². The molecule has 31 heavy (non-hydrogen) atoms. The van der Waals surface area contributed by atoms with E-state index in [9.17, 15) is 9.90 Å². The highest BCUT2D eigenvalue weighted by Gasteiger charge is 2.49. The van der Waals surface area contributed by atoms with Crippen LogP contribution in [0.15, 0.2) is 12.3 Å². The molecule has 3 heterocycles. The summed E-state index contributed by atoms with van der Waals surface area (Å²) in [5.74, 6) is 1.44. The first-order chi connectivity index (χ1) is 14.6. The van der Waals surface area contributed by atoms with Crippen molar-refractivity contribution < 1.29 is 29.3 Å². The van der Waals surface area contributed by atoms with Gasteiger partial charge in [0.1, 0.15) is 0 Å². The van der Waals surface area contributed by atoms with Crippen molar-refractivity contribution in [2.24, 2.45) is 5.92 Å². The van der Waals surface area contributed by atoms with Crippen LogP contribution in [-0.4, -0.2) is 76.6 Å². The lowest BCUT2D eigenvalue weighted by atomic mass is 9.75. The molecule has 0 saturated carbocycles. The largest absolute Gasteiger partial charge is 0.483 e. The molecule has 2 atom stereocenters. The Labute approximate surface area is 183 Å². The van der Waals surface area contributed by atoms with Gasteiger partial charge < -0.3 is 29.9 Å². The Balaban J connectivity index is 0.00000107. The zero-order valence-corrected chi connectivity index (χ0v) is 18.7. The Hall–Kier alpha value is -2.46. The first kappa shape index (κ1) is 24.8. The molecule has 0 aliphatic carbocycles. The average molecular weight is 439 g/mol. The fraction of sp³-hybridized carbons (Fsp3) is 0.714. The van der Waals surface area contributed by atoms with Crippen molar-refractivity contribution in [3.05, 3.63) is 12.3 Å². The minimum Gasteiger partial charge on any atom is -0.483 e. The highest BCUT2D eigenvalue weighted by Crippen LogP contribution is 2.40. The number of piperidine rings is 1. The van der Waals surface area contributed by atoms with Crippen LogP contribution < -0.4 is 15.0 Å². The van der Waals surface area contributed by atoms with Crippen LogP contribution >= 0.6 is 0 Å². The number of carbonyl (C=O) groups is 2. The molecule has 1 spiro atoms. The zero-order chi connectivity index (χ0) is 23.1. The quantitative estimate of drug-likeness (QED) is 0.580. The summed E-state index contributed by atoms with van der Waals surface area (Å²) in [6.07, 6.45) is 4.19. The molecule has 3 rings (SSSR count). The Morgan fingerprint density at radius 2 is 2.10 bits per heavy atom. The summed E-state index contributed by atoms with van der Waals surface area (Å²) in [7, 11) is 1.59. The molecule has 1 aromatic heterocycles. The Bertz CT molecular complexity index is 734. The highest BCUT2D eigenvalue weighted by atomic mass is 16.5. The second-order valence-corrected chi connectivity index (χ2v) is 8.74. The molecule has 0 aromatic carbocycles. The molecule has 2 saturated heterocycles. The summed E-state index contributed by atoms with van der Waals surface area (Å²) in [5, 5.41) is 20.9. The Kier molecular flexibility index (Phi) is 8.58. The van der Waals surface area contributed by atoms with Crippen LogP contribution in [0.1, 0.15) is 46.5 Å². The summed E-state index contributed by atoms with van der Waals surface area (Å²) in [6.45, 7) is 7.37. The number of anilines is 1. The van der Waals surface area contributed by atoms with Gasteiger partial charge in [0.2, 0.25) is 17.7 Å². The van der Waals surface area contributed by atoms with E-state index in [2.05, 4.69) is 20.2 Å². The van der Waals surface area contributed by atoms with Gasteiger partial charge in [0.25, 0.3) is 6.47 Å². The number of methoxy groups -OCH3 is 1. The predicted molar refractivity (Wildman–Crippen MR) is 114 cm³/mol. The van der Waals surface area contributed by atoms with Crippen molar-refractivity contribution in [3.63, 3.8) is 0 Å². The standard InChI is InChI=1S/C20H32N4O4.CH2O2/c1-14(2)11-16(25)22-15-12-28-20(13-19(15,3)26)6-9-24(10-7-20)18-21-8-5-17(23-18)27-4;2-1-3/h5,8,14-15,26H,6-7,9-13H2,1-4H3,(H,22,25);1H,(H,2,3)/t15-,19-;/m0./s1.